The quantitative estimate of drug-likeness (QED) is 0.236. The van der Waals surface area contributed by atoms with Crippen molar-refractivity contribution in [2.24, 2.45) is 0 Å². The van der Waals surface area contributed by atoms with Crippen LogP contribution >= 0.6 is 0 Å². The van der Waals surface area contributed by atoms with Gasteiger partial charge in [0.1, 0.15) is 5.60 Å². The first-order chi connectivity index (χ1) is 17.3. The fraction of sp³-hybridized carbons (Fsp3) is 0.407. The molecule has 0 aliphatic carbocycles. The van der Waals surface area contributed by atoms with Gasteiger partial charge in [0.2, 0.25) is 5.65 Å². The number of unbranched alkanes of at least 4 members (excludes halogenated alkanes) is 2. The summed E-state index contributed by atoms with van der Waals surface area (Å²) in [5.41, 5.74) is 2.66. The lowest BCUT2D eigenvalue weighted by Gasteiger charge is -2.19. The van der Waals surface area contributed by atoms with Crippen LogP contribution < -0.4 is 14.8 Å². The Morgan fingerprint density at radius 2 is 1.69 bits per heavy atom. The number of nitrogens with zero attached hydrogens (tertiary/aromatic N) is 4. The summed E-state index contributed by atoms with van der Waals surface area (Å²) in [6, 6.07) is 13.7. The molecule has 0 fully saturated rings. The second-order valence-corrected chi connectivity index (χ2v) is 9.53. The summed E-state index contributed by atoms with van der Waals surface area (Å²) in [6.45, 7) is 6.33. The Labute approximate surface area is 210 Å². The van der Waals surface area contributed by atoms with Crippen LogP contribution in [0.2, 0.25) is 0 Å². The number of hydrogen-bond acceptors (Lipinski definition) is 8. The van der Waals surface area contributed by atoms with Crippen molar-refractivity contribution in [2.75, 3.05) is 26.1 Å². The van der Waals surface area contributed by atoms with Crippen molar-refractivity contribution in [2.45, 2.75) is 52.1 Å². The average molecular weight is 492 g/mol. The van der Waals surface area contributed by atoms with E-state index in [1.165, 1.54) is 0 Å². The van der Waals surface area contributed by atoms with E-state index in [1.807, 2.05) is 67.6 Å². The first kappa shape index (κ1) is 25.2. The summed E-state index contributed by atoms with van der Waals surface area (Å²) in [7, 11) is 3.21. The maximum atomic E-state index is 11.9. The first-order valence-corrected chi connectivity index (χ1v) is 12.1. The smallest absolute Gasteiger partial charge is 0.306 e. The fourth-order valence-electron chi connectivity index (χ4n) is 4.03. The van der Waals surface area contributed by atoms with Crippen molar-refractivity contribution in [3.63, 3.8) is 0 Å². The molecule has 0 saturated carbocycles. The molecule has 2 heterocycles. The minimum Gasteiger partial charge on any atom is -0.493 e. The van der Waals surface area contributed by atoms with Gasteiger partial charge in [0, 0.05) is 30.7 Å². The molecule has 9 heteroatoms. The molecule has 0 radical (unpaired) electrons. The van der Waals surface area contributed by atoms with Gasteiger partial charge in [0.25, 0.3) is 0 Å². The van der Waals surface area contributed by atoms with Gasteiger partial charge in [0.15, 0.2) is 23.1 Å². The van der Waals surface area contributed by atoms with E-state index in [4.69, 9.17) is 19.2 Å². The lowest BCUT2D eigenvalue weighted by molar-refractivity contribution is -0.154. The predicted molar refractivity (Wildman–Crippen MR) is 140 cm³/mol. The highest BCUT2D eigenvalue weighted by atomic mass is 16.6. The van der Waals surface area contributed by atoms with Crippen LogP contribution in [0.4, 0.5) is 5.82 Å². The molecule has 0 saturated heterocycles. The molecule has 190 valence electrons. The normalized spacial score (nSPS) is 11.6. The average Bonchev–Trinajstić information content (AvgIpc) is 3.30. The van der Waals surface area contributed by atoms with E-state index in [9.17, 15) is 4.79 Å². The minimum atomic E-state index is -0.449. The van der Waals surface area contributed by atoms with E-state index in [2.05, 4.69) is 15.5 Å². The number of carbonyl (C=O) groups is 1. The number of rotatable bonds is 10. The zero-order valence-corrected chi connectivity index (χ0v) is 21.5. The summed E-state index contributed by atoms with van der Waals surface area (Å²) >= 11 is 0. The predicted octanol–water partition coefficient (Wildman–Crippen LogP) is 5.28. The van der Waals surface area contributed by atoms with Crippen molar-refractivity contribution in [3.05, 3.63) is 42.5 Å². The Morgan fingerprint density at radius 3 is 2.39 bits per heavy atom. The summed E-state index contributed by atoms with van der Waals surface area (Å²) in [5, 5.41) is 12.4. The van der Waals surface area contributed by atoms with Gasteiger partial charge in [-0.25, -0.2) is 4.98 Å². The molecule has 0 aliphatic rings. The largest absolute Gasteiger partial charge is 0.493 e. The van der Waals surface area contributed by atoms with E-state index >= 15 is 0 Å². The Bertz CT molecular complexity index is 1350. The van der Waals surface area contributed by atoms with Gasteiger partial charge in [-0.05, 0) is 33.6 Å². The number of nitrogens with one attached hydrogen (secondary N) is 1. The molecule has 0 aliphatic heterocycles. The number of carbonyl (C=O) groups excluding carboxylic acids is 1. The van der Waals surface area contributed by atoms with Gasteiger partial charge < -0.3 is 19.5 Å². The molecule has 4 rings (SSSR count). The Kier molecular flexibility index (Phi) is 7.57. The highest BCUT2D eigenvalue weighted by molar-refractivity contribution is 5.87. The van der Waals surface area contributed by atoms with Crippen LogP contribution in [0.3, 0.4) is 0 Å². The van der Waals surface area contributed by atoms with Gasteiger partial charge in [-0.3, -0.25) is 9.20 Å². The highest BCUT2D eigenvalue weighted by Crippen LogP contribution is 2.34. The fourth-order valence-corrected chi connectivity index (χ4v) is 4.03. The molecule has 0 atom stereocenters. The summed E-state index contributed by atoms with van der Waals surface area (Å²) in [4.78, 5) is 16.8. The van der Waals surface area contributed by atoms with Crippen LogP contribution in [0.25, 0.3) is 28.1 Å². The van der Waals surface area contributed by atoms with Crippen LogP contribution in [0.1, 0.15) is 46.5 Å². The highest BCUT2D eigenvalue weighted by Gasteiger charge is 2.19. The number of hydrogen-bond donors (Lipinski definition) is 1. The molecule has 2 aromatic carbocycles. The molecular weight excluding hydrogens is 458 g/mol. The number of methoxy groups -OCH3 is 2. The van der Waals surface area contributed by atoms with E-state index in [1.54, 1.807) is 14.2 Å². The lowest BCUT2D eigenvalue weighted by Crippen LogP contribution is -2.23. The third kappa shape index (κ3) is 5.67. The number of esters is 1. The Morgan fingerprint density at radius 1 is 0.972 bits per heavy atom. The van der Waals surface area contributed by atoms with E-state index in [0.717, 1.165) is 35.9 Å². The molecule has 2 aromatic heterocycles. The van der Waals surface area contributed by atoms with E-state index in [0.29, 0.717) is 41.8 Å². The lowest BCUT2D eigenvalue weighted by atomic mass is 10.1. The van der Waals surface area contributed by atoms with Gasteiger partial charge in [-0.1, -0.05) is 36.8 Å². The molecule has 9 nitrogen and oxygen atoms in total. The SMILES string of the molecule is COc1cc2nc(NCCCCCC(=O)OC(C)(C)C)c3nnc(-c4ccccc4)n3c2cc1OC. The number of anilines is 1. The molecule has 0 amide bonds. The third-order valence-corrected chi connectivity index (χ3v) is 5.63. The van der Waals surface area contributed by atoms with Crippen LogP contribution in [-0.4, -0.2) is 51.9 Å². The zero-order chi connectivity index (χ0) is 25.7. The summed E-state index contributed by atoms with van der Waals surface area (Å²) < 4.78 is 18.4. The Balaban J connectivity index is 1.58. The van der Waals surface area contributed by atoms with Crippen molar-refractivity contribution >= 4 is 28.5 Å². The number of ether oxygens (including phenoxy) is 3. The number of fused-ring (bicyclic) bond motifs is 3. The van der Waals surface area contributed by atoms with Crippen molar-refractivity contribution in [1.82, 2.24) is 19.6 Å². The van der Waals surface area contributed by atoms with Crippen LogP contribution in [0.15, 0.2) is 42.5 Å². The van der Waals surface area contributed by atoms with Gasteiger partial charge in [-0.2, -0.15) is 0 Å². The minimum absolute atomic E-state index is 0.158. The third-order valence-electron chi connectivity index (χ3n) is 5.63. The van der Waals surface area contributed by atoms with Crippen LogP contribution in [-0.2, 0) is 9.53 Å². The maximum Gasteiger partial charge on any atom is 0.306 e. The summed E-state index contributed by atoms with van der Waals surface area (Å²) in [5.74, 6) is 2.39. The topological polar surface area (TPSA) is 99.9 Å². The first-order valence-electron chi connectivity index (χ1n) is 12.1. The molecule has 4 aromatic rings. The van der Waals surface area contributed by atoms with Gasteiger partial charge in [0.05, 0.1) is 25.3 Å². The second kappa shape index (κ2) is 10.8. The number of benzene rings is 2. The molecule has 0 bridgehead atoms. The van der Waals surface area contributed by atoms with Crippen LogP contribution in [0, 0.1) is 0 Å². The molecule has 36 heavy (non-hydrogen) atoms. The van der Waals surface area contributed by atoms with Gasteiger partial charge >= 0.3 is 5.97 Å². The zero-order valence-electron chi connectivity index (χ0n) is 21.5. The second-order valence-electron chi connectivity index (χ2n) is 9.53. The number of aromatic nitrogens is 4. The monoisotopic (exact) mass is 491 g/mol. The summed E-state index contributed by atoms with van der Waals surface area (Å²) in [6.07, 6.45) is 2.96. The van der Waals surface area contributed by atoms with Crippen LogP contribution in [0.5, 0.6) is 11.5 Å². The van der Waals surface area contributed by atoms with Gasteiger partial charge in [-0.15, -0.1) is 10.2 Å². The Hall–Kier alpha value is -3.88. The van der Waals surface area contributed by atoms with E-state index < -0.39 is 5.60 Å². The molecular formula is C27H33N5O4. The molecule has 1 N–H and O–H groups in total. The maximum absolute atomic E-state index is 11.9. The van der Waals surface area contributed by atoms with Crippen molar-refractivity contribution in [1.29, 1.82) is 0 Å². The standard InChI is InChI=1S/C27H33N5O4/c1-27(2,3)36-23(33)14-10-7-11-15-28-24-26-31-30-25(18-12-8-6-9-13-18)32(26)20-17-22(35-5)21(34-4)16-19(20)29-24/h6,8-9,12-13,16-17H,7,10-11,14-15H2,1-5H3,(H,28,29). The molecule has 0 spiro atoms. The van der Waals surface area contributed by atoms with E-state index in [-0.39, 0.29) is 5.97 Å². The van der Waals surface area contributed by atoms with Crippen molar-refractivity contribution in [3.8, 4) is 22.9 Å². The molecule has 0 unspecified atom stereocenters. The van der Waals surface area contributed by atoms with Crippen molar-refractivity contribution < 1.29 is 19.0 Å².